The molecule has 0 aliphatic heterocycles. The lowest BCUT2D eigenvalue weighted by molar-refractivity contribution is 0.445. The fraction of sp³-hybridized carbons (Fsp3) is 0.0833. The molecule has 0 bridgehead atoms. The highest BCUT2D eigenvalue weighted by atomic mass is 32.2. The van der Waals surface area contributed by atoms with Gasteiger partial charge in [-0.2, -0.15) is 0 Å². The first-order valence-corrected chi connectivity index (χ1v) is 7.15. The molecule has 0 atom stereocenters. The van der Waals surface area contributed by atoms with Crippen LogP contribution in [0.25, 0.3) is 0 Å². The molecule has 2 aromatic rings. The number of anilines is 1. The van der Waals surface area contributed by atoms with Gasteiger partial charge in [-0.15, -0.1) is 0 Å². The summed E-state index contributed by atoms with van der Waals surface area (Å²) in [5.41, 5.74) is 5.81. The Morgan fingerprint density at radius 1 is 1.32 bits per heavy atom. The van der Waals surface area contributed by atoms with E-state index in [-0.39, 0.29) is 22.2 Å². The zero-order chi connectivity index (χ0) is 14.0. The standard InChI is InChI=1S/C12H11FN2O3S/c1-19(16,17)11-3-2-6-15-12(11)18-10-7-8(13)4-5-9(10)14/h2-7H,14H2,1H3. The second-order valence-electron chi connectivity index (χ2n) is 3.86. The average Bonchev–Trinajstić information content (AvgIpc) is 2.33. The van der Waals surface area contributed by atoms with Crippen molar-refractivity contribution in [2.24, 2.45) is 0 Å². The van der Waals surface area contributed by atoms with Gasteiger partial charge in [-0.05, 0) is 24.3 Å². The summed E-state index contributed by atoms with van der Waals surface area (Å²) in [6.07, 6.45) is 2.41. The first-order valence-electron chi connectivity index (χ1n) is 5.26. The van der Waals surface area contributed by atoms with Gasteiger partial charge in [0.2, 0.25) is 5.88 Å². The molecule has 2 rings (SSSR count). The predicted octanol–water partition coefficient (Wildman–Crippen LogP) is 2.00. The van der Waals surface area contributed by atoms with Gasteiger partial charge in [0.15, 0.2) is 15.6 Å². The molecular weight excluding hydrogens is 271 g/mol. The monoisotopic (exact) mass is 282 g/mol. The minimum absolute atomic E-state index is 0.0172. The smallest absolute Gasteiger partial charge is 0.238 e. The van der Waals surface area contributed by atoms with Crippen LogP contribution >= 0.6 is 0 Å². The summed E-state index contributed by atoms with van der Waals surface area (Å²) in [4.78, 5) is 3.75. The fourth-order valence-corrected chi connectivity index (χ4v) is 2.17. The number of hydrogen-bond donors (Lipinski definition) is 1. The summed E-state index contributed by atoms with van der Waals surface area (Å²) < 4.78 is 41.5. The summed E-state index contributed by atoms with van der Waals surface area (Å²) in [6.45, 7) is 0. The highest BCUT2D eigenvalue weighted by Crippen LogP contribution is 2.30. The Hall–Kier alpha value is -2.15. The molecule has 0 spiro atoms. The average molecular weight is 282 g/mol. The van der Waals surface area contributed by atoms with Crippen LogP contribution in [-0.2, 0) is 9.84 Å². The van der Waals surface area contributed by atoms with E-state index in [0.717, 1.165) is 12.3 Å². The Bertz CT molecular complexity index is 717. The Morgan fingerprint density at radius 2 is 2.05 bits per heavy atom. The van der Waals surface area contributed by atoms with Gasteiger partial charge in [-0.25, -0.2) is 17.8 Å². The van der Waals surface area contributed by atoms with Crippen molar-refractivity contribution in [3.63, 3.8) is 0 Å². The van der Waals surface area contributed by atoms with Crippen LogP contribution in [0.1, 0.15) is 0 Å². The second-order valence-corrected chi connectivity index (χ2v) is 5.85. The van der Waals surface area contributed by atoms with E-state index in [2.05, 4.69) is 4.98 Å². The summed E-state index contributed by atoms with van der Waals surface area (Å²) in [7, 11) is -3.50. The number of ether oxygens (including phenoxy) is 1. The van der Waals surface area contributed by atoms with Crippen molar-refractivity contribution in [2.45, 2.75) is 4.90 Å². The number of halogens is 1. The van der Waals surface area contributed by atoms with Crippen molar-refractivity contribution in [1.29, 1.82) is 0 Å². The van der Waals surface area contributed by atoms with E-state index in [9.17, 15) is 12.8 Å². The fourth-order valence-electron chi connectivity index (χ4n) is 1.44. The third-order valence-corrected chi connectivity index (χ3v) is 3.43. The van der Waals surface area contributed by atoms with Crippen molar-refractivity contribution >= 4 is 15.5 Å². The molecule has 1 heterocycles. The van der Waals surface area contributed by atoms with Crippen LogP contribution in [0.2, 0.25) is 0 Å². The molecule has 5 nitrogen and oxygen atoms in total. The lowest BCUT2D eigenvalue weighted by atomic mass is 10.3. The number of pyridine rings is 1. The van der Waals surface area contributed by atoms with Crippen LogP contribution in [0.4, 0.5) is 10.1 Å². The minimum atomic E-state index is -3.50. The zero-order valence-corrected chi connectivity index (χ0v) is 10.8. The molecule has 0 aliphatic rings. The van der Waals surface area contributed by atoms with Crippen LogP contribution in [0.3, 0.4) is 0 Å². The lowest BCUT2D eigenvalue weighted by Crippen LogP contribution is -2.02. The first kappa shape index (κ1) is 13.3. The largest absolute Gasteiger partial charge is 0.435 e. The molecule has 0 saturated heterocycles. The van der Waals surface area contributed by atoms with Crippen LogP contribution in [0.5, 0.6) is 11.6 Å². The highest BCUT2D eigenvalue weighted by Gasteiger charge is 2.16. The van der Waals surface area contributed by atoms with Gasteiger partial charge in [0.1, 0.15) is 10.7 Å². The molecular formula is C12H11FN2O3S. The van der Waals surface area contributed by atoms with Gasteiger partial charge >= 0.3 is 0 Å². The molecule has 100 valence electrons. The highest BCUT2D eigenvalue weighted by molar-refractivity contribution is 7.90. The van der Waals surface area contributed by atoms with Crippen LogP contribution in [-0.4, -0.2) is 19.7 Å². The number of sulfone groups is 1. The van der Waals surface area contributed by atoms with Gasteiger partial charge in [0.05, 0.1) is 5.69 Å². The normalized spacial score (nSPS) is 11.3. The third-order valence-electron chi connectivity index (χ3n) is 2.32. The van der Waals surface area contributed by atoms with Crippen LogP contribution in [0.15, 0.2) is 41.4 Å². The lowest BCUT2D eigenvalue weighted by Gasteiger charge is -2.10. The third kappa shape index (κ3) is 3.00. The van der Waals surface area contributed by atoms with Gasteiger partial charge in [0.25, 0.3) is 0 Å². The number of aromatic nitrogens is 1. The molecule has 0 aliphatic carbocycles. The molecule has 0 unspecified atom stereocenters. The molecule has 2 N–H and O–H groups in total. The maximum Gasteiger partial charge on any atom is 0.238 e. The second kappa shape index (κ2) is 4.85. The van der Waals surface area contributed by atoms with Crippen molar-refractivity contribution < 1.29 is 17.5 Å². The summed E-state index contributed by atoms with van der Waals surface area (Å²) in [5.74, 6) is -0.660. The molecule has 0 saturated carbocycles. The number of nitrogens with zero attached hydrogens (tertiary/aromatic N) is 1. The Balaban J connectivity index is 2.47. The maximum atomic E-state index is 13.1. The van der Waals surface area contributed by atoms with E-state index in [4.69, 9.17) is 10.5 Å². The molecule has 19 heavy (non-hydrogen) atoms. The number of hydrogen-bond acceptors (Lipinski definition) is 5. The summed E-state index contributed by atoms with van der Waals surface area (Å²) >= 11 is 0. The molecule has 7 heteroatoms. The maximum absolute atomic E-state index is 13.1. The van der Waals surface area contributed by atoms with Crippen molar-refractivity contribution in [3.05, 3.63) is 42.3 Å². The molecule has 1 aromatic carbocycles. The van der Waals surface area contributed by atoms with E-state index < -0.39 is 15.7 Å². The Morgan fingerprint density at radius 3 is 2.74 bits per heavy atom. The summed E-state index contributed by atoms with van der Waals surface area (Å²) in [5, 5.41) is 0. The molecule has 0 fully saturated rings. The predicted molar refractivity (Wildman–Crippen MR) is 68.2 cm³/mol. The number of nitrogens with two attached hydrogens (primary N) is 1. The Kier molecular flexibility index (Phi) is 3.39. The van der Waals surface area contributed by atoms with Crippen molar-refractivity contribution in [1.82, 2.24) is 4.98 Å². The Labute approximate surface area is 109 Å². The zero-order valence-electron chi connectivity index (χ0n) is 10.00. The molecule has 0 amide bonds. The SMILES string of the molecule is CS(=O)(=O)c1cccnc1Oc1cc(F)ccc1N. The van der Waals surface area contributed by atoms with E-state index in [1.165, 1.54) is 30.5 Å². The van der Waals surface area contributed by atoms with Crippen molar-refractivity contribution in [2.75, 3.05) is 12.0 Å². The van der Waals surface area contributed by atoms with Gasteiger partial charge in [0, 0.05) is 18.5 Å². The quantitative estimate of drug-likeness (QED) is 0.871. The number of benzene rings is 1. The number of nitrogen functional groups attached to an aromatic ring is 1. The molecule has 1 aromatic heterocycles. The first-order chi connectivity index (χ1) is 8.88. The molecule has 0 radical (unpaired) electrons. The van der Waals surface area contributed by atoms with Gasteiger partial charge in [-0.1, -0.05) is 0 Å². The van der Waals surface area contributed by atoms with E-state index in [0.29, 0.717) is 0 Å². The van der Waals surface area contributed by atoms with Gasteiger partial charge < -0.3 is 10.5 Å². The van der Waals surface area contributed by atoms with E-state index in [1.54, 1.807) is 0 Å². The topological polar surface area (TPSA) is 82.3 Å². The number of rotatable bonds is 3. The minimum Gasteiger partial charge on any atom is -0.435 e. The van der Waals surface area contributed by atoms with E-state index >= 15 is 0 Å². The van der Waals surface area contributed by atoms with E-state index in [1.807, 2.05) is 0 Å². The van der Waals surface area contributed by atoms with Crippen molar-refractivity contribution in [3.8, 4) is 11.6 Å². The summed E-state index contributed by atoms with van der Waals surface area (Å²) in [6, 6.07) is 6.40. The van der Waals surface area contributed by atoms with Crippen LogP contribution in [0, 0.1) is 5.82 Å². The van der Waals surface area contributed by atoms with Crippen LogP contribution < -0.4 is 10.5 Å². The van der Waals surface area contributed by atoms with Gasteiger partial charge in [-0.3, -0.25) is 0 Å².